The maximum atomic E-state index is 5.02. The first-order valence-corrected chi connectivity index (χ1v) is 3.70. The zero-order valence-corrected chi connectivity index (χ0v) is 6.39. The van der Waals surface area contributed by atoms with Crippen LogP contribution in [0.1, 0.15) is 39.5 Å². The summed E-state index contributed by atoms with van der Waals surface area (Å²) in [5.74, 6) is 5.02. The quantitative estimate of drug-likeness (QED) is 0.578. The first kappa shape index (κ1) is 8.92. The maximum absolute atomic E-state index is 5.02. The molecule has 0 saturated heterocycles. The molecule has 0 radical (unpaired) electrons. The summed E-state index contributed by atoms with van der Waals surface area (Å²) < 4.78 is 0. The van der Waals surface area contributed by atoms with Crippen molar-refractivity contribution in [3.63, 3.8) is 0 Å². The van der Waals surface area contributed by atoms with Crippen molar-refractivity contribution < 1.29 is 4.84 Å². The Labute approximate surface area is 57.3 Å². The smallest absolute Gasteiger partial charge is 0.0784 e. The van der Waals surface area contributed by atoms with Crippen LogP contribution in [0.15, 0.2) is 0 Å². The maximum Gasteiger partial charge on any atom is 0.0784 e. The van der Waals surface area contributed by atoms with E-state index in [0.717, 1.165) is 12.8 Å². The van der Waals surface area contributed by atoms with Crippen molar-refractivity contribution in [2.24, 2.45) is 5.90 Å². The van der Waals surface area contributed by atoms with Crippen LogP contribution in [0.3, 0.4) is 0 Å². The van der Waals surface area contributed by atoms with Crippen LogP contribution in [0.5, 0.6) is 0 Å². The standard InChI is InChI=1S/C7H17NO/c1-3-5-6-7(4-2)9-8/h7H,3-6,8H2,1-2H3. The molecule has 2 heteroatoms. The molecule has 0 amide bonds. The topological polar surface area (TPSA) is 35.2 Å². The van der Waals surface area contributed by atoms with Gasteiger partial charge in [0.25, 0.3) is 0 Å². The van der Waals surface area contributed by atoms with Gasteiger partial charge in [0.05, 0.1) is 6.10 Å². The molecule has 0 rings (SSSR count). The second-order valence-corrected chi connectivity index (χ2v) is 2.31. The number of hydrogen-bond acceptors (Lipinski definition) is 2. The molecule has 2 nitrogen and oxygen atoms in total. The minimum Gasteiger partial charge on any atom is -0.301 e. The van der Waals surface area contributed by atoms with Gasteiger partial charge in [-0.2, -0.15) is 0 Å². The molecular weight excluding hydrogens is 114 g/mol. The first-order valence-electron chi connectivity index (χ1n) is 3.70. The summed E-state index contributed by atoms with van der Waals surface area (Å²) in [5, 5.41) is 0. The van der Waals surface area contributed by atoms with E-state index in [-0.39, 0.29) is 6.10 Å². The molecule has 0 aromatic heterocycles. The Hall–Kier alpha value is -0.0800. The van der Waals surface area contributed by atoms with Crippen LogP contribution in [0, 0.1) is 0 Å². The lowest BCUT2D eigenvalue weighted by molar-refractivity contribution is 0.0433. The van der Waals surface area contributed by atoms with Crippen LogP contribution in [-0.2, 0) is 4.84 Å². The molecule has 0 heterocycles. The lowest BCUT2D eigenvalue weighted by Crippen LogP contribution is -2.15. The Balaban J connectivity index is 3.09. The molecule has 0 aliphatic rings. The van der Waals surface area contributed by atoms with Gasteiger partial charge < -0.3 is 4.84 Å². The number of unbranched alkanes of at least 4 members (excludes halogenated alkanes) is 1. The lowest BCUT2D eigenvalue weighted by atomic mass is 10.1. The second-order valence-electron chi connectivity index (χ2n) is 2.31. The predicted molar refractivity (Wildman–Crippen MR) is 38.9 cm³/mol. The van der Waals surface area contributed by atoms with Crippen molar-refractivity contribution in [3.8, 4) is 0 Å². The highest BCUT2D eigenvalue weighted by Crippen LogP contribution is 2.05. The summed E-state index contributed by atoms with van der Waals surface area (Å²) >= 11 is 0. The van der Waals surface area contributed by atoms with E-state index in [2.05, 4.69) is 13.8 Å². The molecule has 0 fully saturated rings. The van der Waals surface area contributed by atoms with Crippen LogP contribution in [0.25, 0.3) is 0 Å². The molecule has 0 aromatic carbocycles. The van der Waals surface area contributed by atoms with Gasteiger partial charge in [0.1, 0.15) is 0 Å². The molecule has 0 aliphatic heterocycles. The van der Waals surface area contributed by atoms with Crippen molar-refractivity contribution >= 4 is 0 Å². The highest BCUT2D eigenvalue weighted by molar-refractivity contribution is 4.52. The number of nitrogens with two attached hydrogens (primary N) is 1. The molecule has 2 N–H and O–H groups in total. The summed E-state index contributed by atoms with van der Waals surface area (Å²) in [7, 11) is 0. The van der Waals surface area contributed by atoms with Crippen molar-refractivity contribution in [2.75, 3.05) is 0 Å². The van der Waals surface area contributed by atoms with Gasteiger partial charge in [0.15, 0.2) is 0 Å². The van der Waals surface area contributed by atoms with E-state index in [0.29, 0.717) is 0 Å². The molecule has 1 atom stereocenters. The normalized spacial score (nSPS) is 13.7. The Morgan fingerprint density at radius 2 is 2.11 bits per heavy atom. The lowest BCUT2D eigenvalue weighted by Gasteiger charge is -2.09. The average molecular weight is 131 g/mol. The van der Waals surface area contributed by atoms with Gasteiger partial charge in [0, 0.05) is 0 Å². The monoisotopic (exact) mass is 131 g/mol. The van der Waals surface area contributed by atoms with Crippen LogP contribution in [0.4, 0.5) is 0 Å². The first-order chi connectivity index (χ1) is 4.35. The van der Waals surface area contributed by atoms with Crippen LogP contribution < -0.4 is 5.90 Å². The number of rotatable bonds is 5. The van der Waals surface area contributed by atoms with E-state index in [9.17, 15) is 0 Å². The van der Waals surface area contributed by atoms with Gasteiger partial charge in [-0.05, 0) is 12.8 Å². The van der Waals surface area contributed by atoms with Gasteiger partial charge in [-0.25, -0.2) is 5.90 Å². The van der Waals surface area contributed by atoms with E-state index in [1.54, 1.807) is 0 Å². The van der Waals surface area contributed by atoms with Crippen molar-refractivity contribution in [1.29, 1.82) is 0 Å². The third kappa shape index (κ3) is 4.43. The van der Waals surface area contributed by atoms with E-state index < -0.39 is 0 Å². The van der Waals surface area contributed by atoms with Crippen molar-refractivity contribution in [3.05, 3.63) is 0 Å². The predicted octanol–water partition coefficient (Wildman–Crippen LogP) is 1.85. The molecule has 0 aliphatic carbocycles. The Bertz CT molecular complexity index is 52.9. The van der Waals surface area contributed by atoms with Gasteiger partial charge in [-0.15, -0.1) is 0 Å². The molecule has 0 aromatic rings. The fraction of sp³-hybridized carbons (Fsp3) is 1.00. The van der Waals surface area contributed by atoms with E-state index in [1.165, 1.54) is 12.8 Å². The highest BCUT2D eigenvalue weighted by atomic mass is 16.6. The van der Waals surface area contributed by atoms with Crippen molar-refractivity contribution in [1.82, 2.24) is 0 Å². The summed E-state index contributed by atoms with van der Waals surface area (Å²) in [6, 6.07) is 0. The zero-order chi connectivity index (χ0) is 7.11. The Morgan fingerprint density at radius 1 is 1.44 bits per heavy atom. The Morgan fingerprint density at radius 3 is 2.44 bits per heavy atom. The Kier molecular flexibility index (Phi) is 5.99. The highest BCUT2D eigenvalue weighted by Gasteiger charge is 2.01. The summed E-state index contributed by atoms with van der Waals surface area (Å²) in [6.07, 6.45) is 4.85. The molecular formula is C7H17NO. The SMILES string of the molecule is CCCCC(CC)ON. The minimum absolute atomic E-state index is 0.282. The van der Waals surface area contributed by atoms with Gasteiger partial charge >= 0.3 is 0 Å². The molecule has 9 heavy (non-hydrogen) atoms. The minimum atomic E-state index is 0.282. The molecule has 0 saturated carbocycles. The third-order valence-corrected chi connectivity index (χ3v) is 1.53. The molecule has 0 bridgehead atoms. The summed E-state index contributed by atoms with van der Waals surface area (Å²) in [4.78, 5) is 4.70. The third-order valence-electron chi connectivity index (χ3n) is 1.53. The molecule has 0 spiro atoms. The zero-order valence-electron chi connectivity index (χ0n) is 6.39. The molecule has 56 valence electrons. The van der Waals surface area contributed by atoms with Gasteiger partial charge in [-0.1, -0.05) is 26.7 Å². The van der Waals surface area contributed by atoms with E-state index >= 15 is 0 Å². The fourth-order valence-corrected chi connectivity index (χ4v) is 0.800. The molecule has 1 unspecified atom stereocenters. The summed E-state index contributed by atoms with van der Waals surface area (Å²) in [6.45, 7) is 4.26. The number of hydrogen-bond donors (Lipinski definition) is 1. The van der Waals surface area contributed by atoms with Crippen LogP contribution in [-0.4, -0.2) is 6.10 Å². The largest absolute Gasteiger partial charge is 0.301 e. The van der Waals surface area contributed by atoms with Gasteiger partial charge in [-0.3, -0.25) is 0 Å². The van der Waals surface area contributed by atoms with Crippen LogP contribution in [0.2, 0.25) is 0 Å². The van der Waals surface area contributed by atoms with E-state index in [4.69, 9.17) is 10.7 Å². The average Bonchev–Trinajstić information content (AvgIpc) is 1.91. The fourth-order valence-electron chi connectivity index (χ4n) is 0.800. The van der Waals surface area contributed by atoms with E-state index in [1.807, 2.05) is 0 Å². The second kappa shape index (κ2) is 6.05. The summed E-state index contributed by atoms with van der Waals surface area (Å²) in [5.41, 5.74) is 0. The van der Waals surface area contributed by atoms with Crippen LogP contribution >= 0.6 is 0 Å². The van der Waals surface area contributed by atoms with Gasteiger partial charge in [0.2, 0.25) is 0 Å². The van der Waals surface area contributed by atoms with Crippen molar-refractivity contribution in [2.45, 2.75) is 45.6 Å².